The molecule has 0 N–H and O–H groups in total. The van der Waals surface area contributed by atoms with Gasteiger partial charge in [-0.15, -0.1) is 0 Å². The standard InChI is InChI=1S/C10H7F2N3O4/c1-2-19-10(16)6-5(3-13)4-14-9(15(17)18)7(6)8(11)12/h4,8H,2H2,1H3. The Hall–Kier alpha value is -2.63. The molecule has 1 aromatic rings. The van der Waals surface area contributed by atoms with Crippen molar-refractivity contribution in [3.8, 4) is 6.07 Å². The van der Waals surface area contributed by atoms with Crippen molar-refractivity contribution >= 4 is 11.8 Å². The van der Waals surface area contributed by atoms with Gasteiger partial charge in [0.2, 0.25) is 0 Å². The third-order valence-corrected chi connectivity index (χ3v) is 2.09. The molecule has 0 aliphatic carbocycles. The van der Waals surface area contributed by atoms with E-state index in [1.165, 1.54) is 13.0 Å². The van der Waals surface area contributed by atoms with Crippen molar-refractivity contribution in [2.45, 2.75) is 13.3 Å². The van der Waals surface area contributed by atoms with Gasteiger partial charge in [0, 0.05) is 0 Å². The third kappa shape index (κ3) is 2.79. The fourth-order valence-corrected chi connectivity index (χ4v) is 1.38. The summed E-state index contributed by atoms with van der Waals surface area (Å²) in [6.45, 7) is 1.31. The van der Waals surface area contributed by atoms with E-state index in [0.717, 1.165) is 0 Å². The summed E-state index contributed by atoms with van der Waals surface area (Å²) >= 11 is 0. The first-order valence-electron chi connectivity index (χ1n) is 4.96. The molecule has 1 heterocycles. The van der Waals surface area contributed by atoms with E-state index in [9.17, 15) is 23.7 Å². The molecule has 0 amide bonds. The van der Waals surface area contributed by atoms with Crippen molar-refractivity contribution in [3.63, 3.8) is 0 Å². The summed E-state index contributed by atoms with van der Waals surface area (Å²) in [5, 5.41) is 19.4. The van der Waals surface area contributed by atoms with Gasteiger partial charge in [-0.3, -0.25) is 0 Å². The molecule has 19 heavy (non-hydrogen) atoms. The zero-order chi connectivity index (χ0) is 14.6. The molecular weight excluding hydrogens is 264 g/mol. The summed E-state index contributed by atoms with van der Waals surface area (Å²) in [6, 6.07) is 1.48. The molecule has 7 nitrogen and oxygen atoms in total. The van der Waals surface area contributed by atoms with Crippen LogP contribution in [-0.2, 0) is 4.74 Å². The summed E-state index contributed by atoms with van der Waals surface area (Å²) in [5.41, 5.74) is -2.53. The number of aromatic nitrogens is 1. The van der Waals surface area contributed by atoms with E-state index in [0.29, 0.717) is 6.20 Å². The van der Waals surface area contributed by atoms with Gasteiger partial charge in [-0.05, 0) is 16.8 Å². The molecular formula is C10H7F2N3O4. The van der Waals surface area contributed by atoms with Gasteiger partial charge in [0.1, 0.15) is 17.2 Å². The lowest BCUT2D eigenvalue weighted by Gasteiger charge is -2.08. The van der Waals surface area contributed by atoms with Crippen molar-refractivity contribution in [1.29, 1.82) is 5.26 Å². The molecule has 0 aliphatic heterocycles. The molecule has 0 fully saturated rings. The Bertz CT molecular complexity index is 569. The van der Waals surface area contributed by atoms with Crippen molar-refractivity contribution in [1.82, 2.24) is 4.98 Å². The zero-order valence-electron chi connectivity index (χ0n) is 9.59. The predicted molar refractivity (Wildman–Crippen MR) is 56.5 cm³/mol. The highest BCUT2D eigenvalue weighted by Crippen LogP contribution is 2.32. The average molecular weight is 271 g/mol. The van der Waals surface area contributed by atoms with E-state index < -0.39 is 39.8 Å². The molecule has 0 saturated heterocycles. The first-order chi connectivity index (χ1) is 8.93. The van der Waals surface area contributed by atoms with Crippen LogP contribution in [0.4, 0.5) is 14.6 Å². The maximum absolute atomic E-state index is 12.9. The second-order valence-corrected chi connectivity index (χ2v) is 3.17. The molecule has 0 radical (unpaired) electrons. The number of halogens is 2. The monoisotopic (exact) mass is 271 g/mol. The molecule has 1 aromatic heterocycles. The number of rotatable bonds is 4. The predicted octanol–water partition coefficient (Wildman–Crippen LogP) is 1.98. The molecule has 0 saturated carbocycles. The first-order valence-corrected chi connectivity index (χ1v) is 4.96. The van der Waals surface area contributed by atoms with Gasteiger partial charge in [-0.2, -0.15) is 5.26 Å². The number of carbonyl (C=O) groups is 1. The van der Waals surface area contributed by atoms with Gasteiger partial charge in [-0.25, -0.2) is 13.6 Å². The molecule has 0 atom stereocenters. The summed E-state index contributed by atoms with van der Waals surface area (Å²) in [4.78, 5) is 24.2. The lowest BCUT2D eigenvalue weighted by Crippen LogP contribution is -2.14. The number of esters is 1. The second kappa shape index (κ2) is 5.81. The Morgan fingerprint density at radius 1 is 1.68 bits per heavy atom. The van der Waals surface area contributed by atoms with E-state index in [2.05, 4.69) is 9.72 Å². The van der Waals surface area contributed by atoms with Crippen LogP contribution < -0.4 is 0 Å². The van der Waals surface area contributed by atoms with E-state index in [-0.39, 0.29) is 6.61 Å². The van der Waals surface area contributed by atoms with E-state index >= 15 is 0 Å². The minimum Gasteiger partial charge on any atom is -0.462 e. The van der Waals surface area contributed by atoms with Crippen LogP contribution in [0.3, 0.4) is 0 Å². The number of hydrogen-bond donors (Lipinski definition) is 0. The van der Waals surface area contributed by atoms with Gasteiger partial charge < -0.3 is 14.9 Å². The second-order valence-electron chi connectivity index (χ2n) is 3.17. The number of pyridine rings is 1. The largest absolute Gasteiger partial charge is 0.462 e. The van der Waals surface area contributed by atoms with Crippen LogP contribution >= 0.6 is 0 Å². The summed E-state index contributed by atoms with van der Waals surface area (Å²) in [6.07, 6.45) is -2.64. The smallest absolute Gasteiger partial charge is 0.373 e. The first kappa shape index (κ1) is 14.4. The van der Waals surface area contributed by atoms with Gasteiger partial charge in [-0.1, -0.05) is 0 Å². The summed E-state index contributed by atoms with van der Waals surface area (Å²) < 4.78 is 30.3. The Balaban J connectivity index is 3.63. The number of hydrogen-bond acceptors (Lipinski definition) is 6. The topological polar surface area (TPSA) is 106 Å². The van der Waals surface area contributed by atoms with Crippen LogP contribution in [0.5, 0.6) is 0 Å². The molecule has 9 heteroatoms. The van der Waals surface area contributed by atoms with Crippen molar-refractivity contribution < 1.29 is 23.2 Å². The van der Waals surface area contributed by atoms with Crippen LogP contribution in [0, 0.1) is 21.4 Å². The molecule has 0 aliphatic rings. The lowest BCUT2D eigenvalue weighted by atomic mass is 10.0. The number of nitriles is 1. The minimum absolute atomic E-state index is 0.123. The molecule has 1 rings (SSSR count). The van der Waals surface area contributed by atoms with Crippen LogP contribution in [0.25, 0.3) is 0 Å². The number of nitrogens with zero attached hydrogens (tertiary/aromatic N) is 3. The molecule has 0 unspecified atom stereocenters. The van der Waals surface area contributed by atoms with Gasteiger partial charge in [0.25, 0.3) is 6.43 Å². The SMILES string of the molecule is CCOC(=O)c1c(C#N)cnc([N+](=O)[O-])c1C(F)F. The molecule has 100 valence electrons. The normalized spacial score (nSPS) is 10.1. The Morgan fingerprint density at radius 3 is 2.74 bits per heavy atom. The van der Waals surface area contributed by atoms with Gasteiger partial charge in [0.05, 0.1) is 12.2 Å². The highest BCUT2D eigenvalue weighted by atomic mass is 19.3. The summed E-state index contributed by atoms with van der Waals surface area (Å²) in [5.74, 6) is -2.39. The van der Waals surface area contributed by atoms with Crippen LogP contribution in [0.2, 0.25) is 0 Å². The maximum atomic E-state index is 12.9. The van der Waals surface area contributed by atoms with E-state index in [1.54, 1.807) is 0 Å². The fraction of sp³-hybridized carbons (Fsp3) is 0.300. The fourth-order valence-electron chi connectivity index (χ4n) is 1.38. The van der Waals surface area contributed by atoms with Crippen LogP contribution in [0.1, 0.15) is 34.8 Å². The molecule has 0 spiro atoms. The van der Waals surface area contributed by atoms with Crippen molar-refractivity contribution in [2.24, 2.45) is 0 Å². The Labute approximate surface area is 105 Å². The number of carbonyl (C=O) groups excluding carboxylic acids is 1. The van der Waals surface area contributed by atoms with Crippen molar-refractivity contribution in [2.75, 3.05) is 6.61 Å². The Morgan fingerprint density at radius 2 is 2.32 bits per heavy atom. The highest BCUT2D eigenvalue weighted by molar-refractivity contribution is 5.94. The van der Waals surface area contributed by atoms with Gasteiger partial charge >= 0.3 is 11.8 Å². The number of nitro groups is 1. The quantitative estimate of drug-likeness (QED) is 0.470. The zero-order valence-corrected chi connectivity index (χ0v) is 9.59. The van der Waals surface area contributed by atoms with Gasteiger partial charge in [0.15, 0.2) is 6.20 Å². The summed E-state index contributed by atoms with van der Waals surface area (Å²) in [7, 11) is 0. The lowest BCUT2D eigenvalue weighted by molar-refractivity contribution is -0.391. The molecule has 0 bridgehead atoms. The third-order valence-electron chi connectivity index (χ3n) is 2.09. The van der Waals surface area contributed by atoms with Crippen LogP contribution in [-0.4, -0.2) is 22.5 Å². The highest BCUT2D eigenvalue weighted by Gasteiger charge is 2.33. The van der Waals surface area contributed by atoms with E-state index in [1.807, 2.05) is 0 Å². The number of alkyl halides is 2. The average Bonchev–Trinajstić information content (AvgIpc) is 2.36. The number of ether oxygens (including phenoxy) is 1. The van der Waals surface area contributed by atoms with Crippen LogP contribution in [0.15, 0.2) is 6.20 Å². The maximum Gasteiger partial charge on any atom is 0.373 e. The van der Waals surface area contributed by atoms with E-state index in [4.69, 9.17) is 5.26 Å². The van der Waals surface area contributed by atoms with Crippen molar-refractivity contribution in [3.05, 3.63) is 33.0 Å². The minimum atomic E-state index is -3.33. The Kier molecular flexibility index (Phi) is 4.41. The molecule has 0 aromatic carbocycles.